The number of aryl methyl sites for hydroxylation is 2. The van der Waals surface area contributed by atoms with E-state index in [2.05, 4.69) is 16.5 Å². The monoisotopic (exact) mass is 424 g/mol. The second-order valence-electron chi connectivity index (χ2n) is 9.10. The summed E-state index contributed by atoms with van der Waals surface area (Å²) < 4.78 is 15.6. The molecule has 0 saturated carbocycles. The molecule has 5 rings (SSSR count). The van der Waals surface area contributed by atoms with E-state index >= 15 is 4.39 Å². The number of hydrogen-bond donors (Lipinski definition) is 2. The quantitative estimate of drug-likeness (QED) is 0.586. The average Bonchev–Trinajstić information content (AvgIpc) is 3.26. The lowest BCUT2D eigenvalue weighted by atomic mass is 9.91. The lowest BCUT2D eigenvalue weighted by Gasteiger charge is -2.40. The SMILES string of the molecule is C=CC(=O)N1CCC2CCN(c3c(F)cc(C(N)=O)c4[nH]c5c(c34)CCCCC5)C[C@@H]21. The van der Waals surface area contributed by atoms with Gasteiger partial charge in [0.1, 0.15) is 5.82 Å². The van der Waals surface area contributed by atoms with Gasteiger partial charge in [-0.2, -0.15) is 0 Å². The summed E-state index contributed by atoms with van der Waals surface area (Å²) >= 11 is 0. The Labute approximate surface area is 181 Å². The van der Waals surface area contributed by atoms with Gasteiger partial charge in [-0.05, 0) is 62.1 Å². The Kier molecular flexibility index (Phi) is 4.99. The molecule has 1 aromatic carbocycles. The fourth-order valence-corrected chi connectivity index (χ4v) is 5.95. The highest BCUT2D eigenvalue weighted by Gasteiger charge is 2.41. The summed E-state index contributed by atoms with van der Waals surface area (Å²) in [6.45, 7) is 5.69. The highest BCUT2D eigenvalue weighted by molar-refractivity contribution is 6.10. The zero-order chi connectivity index (χ0) is 21.7. The first-order valence-electron chi connectivity index (χ1n) is 11.3. The van der Waals surface area contributed by atoms with Crippen molar-refractivity contribution in [3.8, 4) is 0 Å². The Hall–Kier alpha value is -2.83. The minimum absolute atomic E-state index is 0.0560. The summed E-state index contributed by atoms with van der Waals surface area (Å²) in [7, 11) is 0. The van der Waals surface area contributed by atoms with Gasteiger partial charge in [0.05, 0.1) is 22.8 Å². The fourth-order valence-electron chi connectivity index (χ4n) is 5.95. The van der Waals surface area contributed by atoms with Crippen molar-refractivity contribution in [3.05, 3.63) is 41.4 Å². The molecule has 0 bridgehead atoms. The molecule has 7 heteroatoms. The van der Waals surface area contributed by atoms with Crippen LogP contribution in [0.25, 0.3) is 10.9 Å². The summed E-state index contributed by atoms with van der Waals surface area (Å²) in [5, 5.41) is 0.809. The number of primary amides is 1. The number of carbonyl (C=O) groups excluding carboxylic acids is 2. The zero-order valence-electron chi connectivity index (χ0n) is 17.8. The second-order valence-corrected chi connectivity index (χ2v) is 9.10. The van der Waals surface area contributed by atoms with Gasteiger partial charge in [0, 0.05) is 30.7 Å². The molecule has 1 unspecified atom stereocenters. The van der Waals surface area contributed by atoms with Crippen LogP contribution in [0.2, 0.25) is 0 Å². The van der Waals surface area contributed by atoms with Gasteiger partial charge in [-0.1, -0.05) is 13.0 Å². The van der Waals surface area contributed by atoms with E-state index in [-0.39, 0.29) is 17.5 Å². The lowest BCUT2D eigenvalue weighted by molar-refractivity contribution is -0.127. The number of H-pyrrole nitrogens is 1. The molecule has 2 atom stereocenters. The van der Waals surface area contributed by atoms with Crippen molar-refractivity contribution in [3.63, 3.8) is 0 Å². The first kappa shape index (κ1) is 20.1. The van der Waals surface area contributed by atoms with Gasteiger partial charge in [-0.3, -0.25) is 9.59 Å². The van der Waals surface area contributed by atoms with E-state index in [1.807, 2.05) is 4.90 Å². The number of halogens is 1. The first-order valence-corrected chi connectivity index (χ1v) is 11.3. The van der Waals surface area contributed by atoms with Crippen LogP contribution < -0.4 is 10.6 Å². The Morgan fingerprint density at radius 3 is 2.74 bits per heavy atom. The third-order valence-electron chi connectivity index (χ3n) is 7.45. The second kappa shape index (κ2) is 7.70. The molecule has 1 aromatic heterocycles. The smallest absolute Gasteiger partial charge is 0.250 e. The minimum atomic E-state index is -0.621. The van der Waals surface area contributed by atoms with Gasteiger partial charge in [-0.15, -0.1) is 0 Å². The molecule has 1 aliphatic carbocycles. The van der Waals surface area contributed by atoms with Gasteiger partial charge in [-0.25, -0.2) is 4.39 Å². The number of fused-ring (bicyclic) bond motifs is 4. The largest absolute Gasteiger partial charge is 0.367 e. The van der Waals surface area contributed by atoms with E-state index in [4.69, 9.17) is 5.73 Å². The Balaban J connectivity index is 1.63. The molecule has 2 fully saturated rings. The molecule has 2 amide bonds. The van der Waals surface area contributed by atoms with E-state index < -0.39 is 11.7 Å². The third kappa shape index (κ3) is 3.22. The van der Waals surface area contributed by atoms with Crippen LogP contribution in [0.4, 0.5) is 10.1 Å². The average molecular weight is 425 g/mol. The van der Waals surface area contributed by atoms with E-state index in [9.17, 15) is 9.59 Å². The molecule has 3 aliphatic rings. The fraction of sp³-hybridized carbons (Fsp3) is 0.500. The number of anilines is 1. The molecule has 3 heterocycles. The van der Waals surface area contributed by atoms with Gasteiger partial charge in [0.25, 0.3) is 5.91 Å². The van der Waals surface area contributed by atoms with Crippen molar-refractivity contribution in [1.29, 1.82) is 0 Å². The van der Waals surface area contributed by atoms with Crippen molar-refractivity contribution >= 4 is 28.4 Å². The van der Waals surface area contributed by atoms with Crippen molar-refractivity contribution in [2.45, 2.75) is 51.0 Å². The molecule has 0 radical (unpaired) electrons. The molecular weight excluding hydrogens is 395 g/mol. The van der Waals surface area contributed by atoms with Crippen LogP contribution in [0, 0.1) is 11.7 Å². The predicted molar refractivity (Wildman–Crippen MR) is 119 cm³/mol. The van der Waals surface area contributed by atoms with Gasteiger partial charge < -0.3 is 20.5 Å². The van der Waals surface area contributed by atoms with E-state index in [0.717, 1.165) is 74.7 Å². The normalized spacial score (nSPS) is 23.4. The Bertz CT molecular complexity index is 1080. The first-order chi connectivity index (χ1) is 15.0. The number of nitrogens with zero attached hydrogens (tertiary/aromatic N) is 2. The van der Waals surface area contributed by atoms with E-state index in [0.29, 0.717) is 23.7 Å². The number of likely N-dealkylation sites (tertiary alicyclic amines) is 1. The highest BCUT2D eigenvalue weighted by Crippen LogP contribution is 2.42. The molecule has 6 nitrogen and oxygen atoms in total. The topological polar surface area (TPSA) is 82.4 Å². The molecule has 3 N–H and O–H groups in total. The van der Waals surface area contributed by atoms with Crippen molar-refractivity contribution in [2.24, 2.45) is 11.7 Å². The number of rotatable bonds is 3. The molecule has 164 valence electrons. The Morgan fingerprint density at radius 1 is 1.19 bits per heavy atom. The van der Waals surface area contributed by atoms with Crippen molar-refractivity contribution in [2.75, 3.05) is 24.5 Å². The third-order valence-corrected chi connectivity index (χ3v) is 7.45. The van der Waals surface area contributed by atoms with Gasteiger partial charge in [0.15, 0.2) is 0 Å². The van der Waals surface area contributed by atoms with Crippen LogP contribution in [-0.4, -0.2) is 47.4 Å². The van der Waals surface area contributed by atoms with Crippen molar-refractivity contribution in [1.82, 2.24) is 9.88 Å². The number of nitrogens with one attached hydrogen (secondary N) is 1. The van der Waals surface area contributed by atoms with Crippen LogP contribution in [0.5, 0.6) is 0 Å². The Morgan fingerprint density at radius 2 is 1.97 bits per heavy atom. The summed E-state index contributed by atoms with van der Waals surface area (Å²) in [5.41, 5.74) is 9.25. The standard InChI is InChI=1S/C24H29FN4O2/c1-2-20(30)29-11-9-14-8-10-28(13-19(14)29)23-17(25)12-16(24(26)31)22-21(23)15-6-4-3-5-7-18(15)27-22/h2,12,14,19,27H,1,3-11,13H2,(H2,26,31)/t14?,19-/m0/s1. The number of piperidine rings is 1. The van der Waals surface area contributed by atoms with E-state index in [1.165, 1.54) is 12.1 Å². The van der Waals surface area contributed by atoms with Crippen LogP contribution in [0.15, 0.2) is 18.7 Å². The van der Waals surface area contributed by atoms with Crippen LogP contribution >= 0.6 is 0 Å². The maximum absolute atomic E-state index is 15.6. The number of benzene rings is 1. The number of aromatic nitrogens is 1. The number of amides is 2. The number of hydrogen-bond acceptors (Lipinski definition) is 3. The molecule has 2 saturated heterocycles. The summed E-state index contributed by atoms with van der Waals surface area (Å²) in [5.74, 6) is -0.652. The van der Waals surface area contributed by atoms with Crippen LogP contribution in [0.3, 0.4) is 0 Å². The van der Waals surface area contributed by atoms with Crippen molar-refractivity contribution < 1.29 is 14.0 Å². The number of aromatic amines is 1. The molecular formula is C24H29FN4O2. The highest BCUT2D eigenvalue weighted by atomic mass is 19.1. The molecule has 0 spiro atoms. The maximum atomic E-state index is 15.6. The predicted octanol–water partition coefficient (Wildman–Crippen LogP) is 3.29. The van der Waals surface area contributed by atoms with Gasteiger partial charge in [0.2, 0.25) is 5.91 Å². The maximum Gasteiger partial charge on any atom is 0.250 e. The summed E-state index contributed by atoms with van der Waals surface area (Å²) in [6.07, 6.45) is 8.30. The molecule has 2 aromatic rings. The van der Waals surface area contributed by atoms with Crippen LogP contribution in [-0.2, 0) is 17.6 Å². The summed E-state index contributed by atoms with van der Waals surface area (Å²) in [4.78, 5) is 31.9. The summed E-state index contributed by atoms with van der Waals surface area (Å²) in [6, 6.07) is 1.34. The van der Waals surface area contributed by atoms with Gasteiger partial charge >= 0.3 is 0 Å². The number of nitrogens with two attached hydrogens (primary N) is 1. The van der Waals surface area contributed by atoms with E-state index in [1.54, 1.807) is 0 Å². The number of carbonyl (C=O) groups is 2. The zero-order valence-corrected chi connectivity index (χ0v) is 17.8. The minimum Gasteiger partial charge on any atom is -0.367 e. The molecule has 31 heavy (non-hydrogen) atoms. The van der Waals surface area contributed by atoms with Crippen LogP contribution in [0.1, 0.15) is 53.7 Å². The molecule has 2 aliphatic heterocycles. The lowest BCUT2D eigenvalue weighted by Crippen LogP contribution is -2.50.